The third kappa shape index (κ3) is 3.13. The van der Waals surface area contributed by atoms with Gasteiger partial charge >= 0.3 is 0 Å². The van der Waals surface area contributed by atoms with E-state index in [1.54, 1.807) is 5.56 Å². The molecule has 1 aromatic heterocycles. The van der Waals surface area contributed by atoms with Crippen LogP contribution < -0.4 is 5.32 Å². The third-order valence-corrected chi connectivity index (χ3v) is 4.86. The molecule has 122 valence electrons. The lowest BCUT2D eigenvalue weighted by Crippen LogP contribution is -2.45. The van der Waals surface area contributed by atoms with Crippen molar-refractivity contribution in [2.75, 3.05) is 26.2 Å². The van der Waals surface area contributed by atoms with Gasteiger partial charge in [0.15, 0.2) is 0 Å². The highest BCUT2D eigenvalue weighted by Gasteiger charge is 2.38. The fraction of sp³-hybridized carbons (Fsp3) is 0.529. The van der Waals surface area contributed by atoms with Crippen molar-refractivity contribution in [2.45, 2.75) is 18.9 Å². The maximum Gasteiger partial charge on any atom is 0.0481 e. The molecule has 1 saturated carbocycles. The molecular formula is C17H25Cl2N3. The summed E-state index contributed by atoms with van der Waals surface area (Å²) in [5.74, 6) is 0.874. The van der Waals surface area contributed by atoms with Crippen molar-refractivity contribution in [3.8, 4) is 0 Å². The van der Waals surface area contributed by atoms with Crippen LogP contribution in [0.1, 0.15) is 24.4 Å². The lowest BCUT2D eigenvalue weighted by Gasteiger charge is -2.35. The van der Waals surface area contributed by atoms with Crippen LogP contribution in [0.15, 0.2) is 30.5 Å². The first-order valence-corrected chi connectivity index (χ1v) is 7.83. The van der Waals surface area contributed by atoms with Gasteiger partial charge in [-0.25, -0.2) is 0 Å². The summed E-state index contributed by atoms with van der Waals surface area (Å²) in [6.07, 6.45) is 5.17. The molecule has 4 rings (SSSR count). The first-order chi connectivity index (χ1) is 9.84. The average molecular weight is 342 g/mol. The number of nitrogens with one attached hydrogen (secondary N) is 1. The summed E-state index contributed by atoms with van der Waals surface area (Å²) in [6.45, 7) is 4.64. The number of aromatic nitrogens is 1. The Kier molecular flexibility index (Phi) is 5.78. The van der Waals surface area contributed by atoms with Crippen LogP contribution in [0.25, 0.3) is 10.9 Å². The first-order valence-electron chi connectivity index (χ1n) is 7.83. The molecular weight excluding hydrogens is 317 g/mol. The van der Waals surface area contributed by atoms with Crippen molar-refractivity contribution in [1.29, 1.82) is 0 Å². The maximum atomic E-state index is 3.48. The van der Waals surface area contributed by atoms with Gasteiger partial charge in [-0.15, -0.1) is 24.8 Å². The number of aryl methyl sites for hydroxylation is 1. The molecule has 0 unspecified atom stereocenters. The molecule has 2 fully saturated rings. The molecule has 1 aromatic carbocycles. The Labute approximate surface area is 144 Å². The lowest BCUT2D eigenvalue weighted by atomic mass is 9.99. The quantitative estimate of drug-likeness (QED) is 0.923. The minimum absolute atomic E-state index is 0. The molecule has 1 atom stereocenters. The number of hydrogen-bond donors (Lipinski definition) is 1. The van der Waals surface area contributed by atoms with Gasteiger partial charge in [0.1, 0.15) is 0 Å². The standard InChI is InChI=1S/C17H23N3.2ClH/c1-19-12-15(14-4-2-3-5-16(14)19)17(13-6-7-13)20-10-8-18-9-11-20;;/h2-5,12-13,17-18H,6-11H2,1H3;2*1H/t17-;;/m0../s1. The average Bonchev–Trinajstić information content (AvgIpc) is 3.27. The number of benzene rings is 1. The van der Waals surface area contributed by atoms with E-state index < -0.39 is 0 Å². The van der Waals surface area contributed by atoms with E-state index in [9.17, 15) is 0 Å². The Morgan fingerprint density at radius 3 is 2.45 bits per heavy atom. The van der Waals surface area contributed by atoms with E-state index in [1.807, 2.05) is 0 Å². The van der Waals surface area contributed by atoms with Crippen molar-refractivity contribution in [2.24, 2.45) is 13.0 Å². The molecule has 3 nitrogen and oxygen atoms in total. The molecule has 2 heterocycles. The van der Waals surface area contributed by atoms with Gasteiger partial charge in [-0.3, -0.25) is 4.90 Å². The van der Waals surface area contributed by atoms with E-state index in [0.29, 0.717) is 6.04 Å². The van der Waals surface area contributed by atoms with Crippen molar-refractivity contribution >= 4 is 35.7 Å². The van der Waals surface area contributed by atoms with Gasteiger partial charge in [0.05, 0.1) is 0 Å². The second kappa shape index (κ2) is 7.22. The molecule has 1 saturated heterocycles. The van der Waals surface area contributed by atoms with Gasteiger partial charge in [0.2, 0.25) is 0 Å². The normalized spacial score (nSPS) is 20.2. The van der Waals surface area contributed by atoms with Crippen LogP contribution in [0, 0.1) is 5.92 Å². The summed E-state index contributed by atoms with van der Waals surface area (Å²) in [5, 5.41) is 4.93. The van der Waals surface area contributed by atoms with E-state index in [4.69, 9.17) is 0 Å². The second-order valence-corrected chi connectivity index (χ2v) is 6.28. The maximum absolute atomic E-state index is 3.48. The first kappa shape index (κ1) is 17.6. The van der Waals surface area contributed by atoms with E-state index in [1.165, 1.54) is 36.8 Å². The fourth-order valence-corrected chi connectivity index (χ4v) is 3.73. The van der Waals surface area contributed by atoms with Crippen LogP contribution in [0.5, 0.6) is 0 Å². The van der Waals surface area contributed by atoms with Gasteiger partial charge in [0, 0.05) is 56.4 Å². The topological polar surface area (TPSA) is 20.2 Å². The Bertz CT molecular complexity index is 615. The zero-order chi connectivity index (χ0) is 13.5. The van der Waals surface area contributed by atoms with Gasteiger partial charge < -0.3 is 9.88 Å². The van der Waals surface area contributed by atoms with E-state index in [2.05, 4.69) is 52.3 Å². The highest BCUT2D eigenvalue weighted by molar-refractivity contribution is 5.86. The SMILES string of the molecule is Cl.Cl.Cn1cc([C@H](C2CC2)N2CCNCC2)c2ccccc21. The summed E-state index contributed by atoms with van der Waals surface area (Å²) >= 11 is 0. The zero-order valence-electron chi connectivity index (χ0n) is 13.0. The molecule has 0 radical (unpaired) electrons. The van der Waals surface area contributed by atoms with E-state index in [0.717, 1.165) is 19.0 Å². The van der Waals surface area contributed by atoms with Gasteiger partial charge in [0.25, 0.3) is 0 Å². The summed E-state index contributed by atoms with van der Waals surface area (Å²) in [5.41, 5.74) is 2.91. The molecule has 2 aliphatic rings. The molecule has 0 amide bonds. The van der Waals surface area contributed by atoms with Crippen LogP contribution in [-0.4, -0.2) is 35.6 Å². The highest BCUT2D eigenvalue weighted by atomic mass is 35.5. The Morgan fingerprint density at radius 2 is 1.77 bits per heavy atom. The molecule has 2 aromatic rings. The fourth-order valence-electron chi connectivity index (χ4n) is 3.73. The minimum Gasteiger partial charge on any atom is -0.350 e. The zero-order valence-corrected chi connectivity index (χ0v) is 14.6. The van der Waals surface area contributed by atoms with Gasteiger partial charge in [-0.05, 0) is 30.4 Å². The number of rotatable bonds is 3. The largest absolute Gasteiger partial charge is 0.350 e. The predicted molar refractivity (Wildman–Crippen MR) is 97.3 cm³/mol. The van der Waals surface area contributed by atoms with Crippen molar-refractivity contribution in [1.82, 2.24) is 14.8 Å². The number of fused-ring (bicyclic) bond motifs is 1. The number of piperazine rings is 1. The molecule has 5 heteroatoms. The van der Waals surface area contributed by atoms with Crippen LogP contribution in [0.3, 0.4) is 0 Å². The number of nitrogens with zero attached hydrogens (tertiary/aromatic N) is 2. The third-order valence-electron chi connectivity index (χ3n) is 4.86. The predicted octanol–water partition coefficient (Wildman–Crippen LogP) is 3.38. The highest BCUT2D eigenvalue weighted by Crippen LogP contribution is 2.46. The van der Waals surface area contributed by atoms with Gasteiger partial charge in [-0.2, -0.15) is 0 Å². The molecule has 1 N–H and O–H groups in total. The van der Waals surface area contributed by atoms with Crippen LogP contribution in [0.4, 0.5) is 0 Å². The number of halogens is 2. The monoisotopic (exact) mass is 341 g/mol. The smallest absolute Gasteiger partial charge is 0.0481 e. The number of para-hydroxylation sites is 1. The molecule has 22 heavy (non-hydrogen) atoms. The van der Waals surface area contributed by atoms with E-state index in [-0.39, 0.29) is 24.8 Å². The van der Waals surface area contributed by atoms with Crippen LogP contribution in [0.2, 0.25) is 0 Å². The molecule has 1 aliphatic carbocycles. The Hall–Kier alpha value is -0.740. The summed E-state index contributed by atoms with van der Waals surface area (Å²) in [7, 11) is 2.17. The van der Waals surface area contributed by atoms with Crippen LogP contribution in [-0.2, 0) is 7.05 Å². The minimum atomic E-state index is 0. The van der Waals surface area contributed by atoms with Crippen LogP contribution >= 0.6 is 24.8 Å². The van der Waals surface area contributed by atoms with E-state index >= 15 is 0 Å². The lowest BCUT2D eigenvalue weighted by molar-refractivity contribution is 0.157. The van der Waals surface area contributed by atoms with Crippen molar-refractivity contribution in [3.63, 3.8) is 0 Å². The van der Waals surface area contributed by atoms with Crippen molar-refractivity contribution in [3.05, 3.63) is 36.0 Å². The molecule has 1 aliphatic heterocycles. The number of hydrogen-bond acceptors (Lipinski definition) is 2. The molecule has 0 spiro atoms. The Balaban J connectivity index is 0.000000882. The Morgan fingerprint density at radius 1 is 1.09 bits per heavy atom. The summed E-state index contributed by atoms with van der Waals surface area (Å²) in [6, 6.07) is 9.47. The van der Waals surface area contributed by atoms with Gasteiger partial charge in [-0.1, -0.05) is 18.2 Å². The van der Waals surface area contributed by atoms with Crippen molar-refractivity contribution < 1.29 is 0 Å². The second-order valence-electron chi connectivity index (χ2n) is 6.28. The summed E-state index contributed by atoms with van der Waals surface area (Å²) < 4.78 is 2.29. The molecule has 0 bridgehead atoms. The summed E-state index contributed by atoms with van der Waals surface area (Å²) in [4.78, 5) is 2.70.